The molecule has 4 N–H and O–H groups in total. The molecule has 0 radical (unpaired) electrons. The quantitative estimate of drug-likeness (QED) is 0.677. The highest BCUT2D eigenvalue weighted by Crippen LogP contribution is 2.28. The average Bonchev–Trinajstić information content (AvgIpc) is 2.68. The van der Waals surface area contributed by atoms with Gasteiger partial charge in [-0.1, -0.05) is 29.8 Å². The van der Waals surface area contributed by atoms with Crippen LogP contribution in [0, 0.1) is 18.8 Å². The van der Waals surface area contributed by atoms with Gasteiger partial charge in [-0.05, 0) is 62.6 Å². The Bertz CT molecular complexity index is 713. The van der Waals surface area contributed by atoms with Gasteiger partial charge in [-0.2, -0.15) is 4.98 Å². The summed E-state index contributed by atoms with van der Waals surface area (Å²) in [6.07, 6.45) is 6.84. The van der Waals surface area contributed by atoms with E-state index >= 15 is 0 Å². The highest BCUT2D eigenvalue weighted by Gasteiger charge is 2.20. The van der Waals surface area contributed by atoms with E-state index < -0.39 is 0 Å². The summed E-state index contributed by atoms with van der Waals surface area (Å²) in [4.78, 5) is 9.02. The normalized spacial score (nSPS) is 20.0. The number of nitrogens with zero attached hydrogens (tertiary/aromatic N) is 2. The molecule has 0 aliphatic heterocycles. The van der Waals surface area contributed by atoms with E-state index in [0.717, 1.165) is 35.1 Å². The number of halogens is 1. The zero-order valence-electron chi connectivity index (χ0n) is 15.3. The van der Waals surface area contributed by atoms with Crippen LogP contribution in [0.25, 0.3) is 0 Å². The lowest BCUT2D eigenvalue weighted by atomic mass is 9.82. The molecule has 0 bridgehead atoms. The van der Waals surface area contributed by atoms with Crippen molar-refractivity contribution >= 4 is 23.4 Å². The molecule has 1 aliphatic rings. The van der Waals surface area contributed by atoms with Crippen LogP contribution in [0.4, 0.5) is 11.8 Å². The molecule has 0 spiro atoms. The van der Waals surface area contributed by atoms with Crippen molar-refractivity contribution in [2.24, 2.45) is 17.6 Å². The van der Waals surface area contributed by atoms with Crippen molar-refractivity contribution in [3.05, 3.63) is 46.6 Å². The summed E-state index contributed by atoms with van der Waals surface area (Å²) >= 11 is 6.20. The van der Waals surface area contributed by atoms with E-state index in [0.29, 0.717) is 24.3 Å². The number of anilines is 2. The largest absolute Gasteiger partial charge is 0.369 e. The molecule has 0 amide bonds. The van der Waals surface area contributed by atoms with E-state index in [1.165, 1.54) is 25.7 Å². The average molecular weight is 374 g/mol. The lowest BCUT2D eigenvalue weighted by Crippen LogP contribution is -2.25. The number of aryl methyl sites for hydroxylation is 1. The Kier molecular flexibility index (Phi) is 6.69. The lowest BCUT2D eigenvalue weighted by molar-refractivity contribution is 0.289. The third-order valence-electron chi connectivity index (χ3n) is 5.22. The van der Waals surface area contributed by atoms with Gasteiger partial charge < -0.3 is 16.4 Å². The van der Waals surface area contributed by atoms with E-state index in [4.69, 9.17) is 17.3 Å². The fourth-order valence-corrected chi connectivity index (χ4v) is 3.64. The van der Waals surface area contributed by atoms with E-state index in [9.17, 15) is 0 Å². The van der Waals surface area contributed by atoms with Crippen molar-refractivity contribution in [3.63, 3.8) is 0 Å². The minimum atomic E-state index is 0.602. The number of nitrogens with two attached hydrogens (primary N) is 1. The van der Waals surface area contributed by atoms with Gasteiger partial charge in [-0.25, -0.2) is 4.98 Å². The molecular weight excluding hydrogens is 346 g/mol. The molecule has 1 fully saturated rings. The predicted molar refractivity (Wildman–Crippen MR) is 109 cm³/mol. The highest BCUT2D eigenvalue weighted by atomic mass is 35.5. The van der Waals surface area contributed by atoms with E-state index in [1.54, 1.807) is 0 Å². The van der Waals surface area contributed by atoms with Gasteiger partial charge in [0.05, 0.1) is 0 Å². The van der Waals surface area contributed by atoms with Crippen LogP contribution in [0.15, 0.2) is 30.5 Å². The van der Waals surface area contributed by atoms with Crippen LogP contribution in [0.3, 0.4) is 0 Å². The SMILES string of the molecule is Cc1cnc(NCc2ccccc2Cl)nc1NCC1CCC(CN)CC1. The molecular formula is C20H28ClN5. The Labute approximate surface area is 160 Å². The zero-order chi connectivity index (χ0) is 18.4. The van der Waals surface area contributed by atoms with Crippen LogP contribution >= 0.6 is 11.6 Å². The van der Waals surface area contributed by atoms with Crippen LogP contribution in [0.5, 0.6) is 0 Å². The standard InChI is InChI=1S/C20H28ClN5/c1-14-11-24-20(25-13-17-4-2-3-5-18(17)21)26-19(14)23-12-16-8-6-15(10-22)7-9-16/h2-5,11,15-16H,6-10,12-13,22H2,1H3,(H2,23,24,25,26). The molecule has 2 aromatic rings. The lowest BCUT2D eigenvalue weighted by Gasteiger charge is -2.28. The summed E-state index contributed by atoms with van der Waals surface area (Å²) < 4.78 is 0. The van der Waals surface area contributed by atoms with Crippen LogP contribution < -0.4 is 16.4 Å². The Morgan fingerprint density at radius 1 is 1.12 bits per heavy atom. The third-order valence-corrected chi connectivity index (χ3v) is 5.59. The summed E-state index contributed by atoms with van der Waals surface area (Å²) in [5.41, 5.74) is 7.87. The Balaban J connectivity index is 1.55. The van der Waals surface area contributed by atoms with Gasteiger partial charge in [0.25, 0.3) is 0 Å². The van der Waals surface area contributed by atoms with E-state index in [2.05, 4.69) is 20.6 Å². The topological polar surface area (TPSA) is 75.9 Å². The number of nitrogens with one attached hydrogen (secondary N) is 2. The Morgan fingerprint density at radius 3 is 2.58 bits per heavy atom. The summed E-state index contributed by atoms with van der Waals surface area (Å²) in [7, 11) is 0. The van der Waals surface area contributed by atoms with Crippen molar-refractivity contribution in [2.45, 2.75) is 39.2 Å². The number of benzene rings is 1. The van der Waals surface area contributed by atoms with E-state index in [-0.39, 0.29) is 0 Å². The first kappa shape index (κ1) is 18.9. The summed E-state index contributed by atoms with van der Waals surface area (Å²) in [6, 6.07) is 7.80. The van der Waals surface area contributed by atoms with Crippen molar-refractivity contribution in [2.75, 3.05) is 23.7 Å². The van der Waals surface area contributed by atoms with Crippen LogP contribution in [-0.4, -0.2) is 23.1 Å². The Morgan fingerprint density at radius 2 is 1.85 bits per heavy atom. The molecule has 140 valence electrons. The molecule has 1 aromatic carbocycles. The molecule has 1 aromatic heterocycles. The molecule has 5 nitrogen and oxygen atoms in total. The summed E-state index contributed by atoms with van der Waals surface area (Å²) in [5.74, 6) is 2.94. The second-order valence-electron chi connectivity index (χ2n) is 7.17. The number of rotatable bonds is 7. The maximum absolute atomic E-state index is 6.20. The second kappa shape index (κ2) is 9.19. The van der Waals surface area contributed by atoms with Gasteiger partial charge in [0.15, 0.2) is 0 Å². The second-order valence-corrected chi connectivity index (χ2v) is 7.58. The fraction of sp³-hybridized carbons (Fsp3) is 0.500. The maximum atomic E-state index is 6.20. The molecule has 0 unspecified atom stereocenters. The van der Waals surface area contributed by atoms with Crippen LogP contribution in [0.2, 0.25) is 5.02 Å². The summed E-state index contributed by atoms with van der Waals surface area (Å²) in [5, 5.41) is 7.53. The smallest absolute Gasteiger partial charge is 0.224 e. The van der Waals surface area contributed by atoms with Gasteiger partial charge in [-0.15, -0.1) is 0 Å². The van der Waals surface area contributed by atoms with Crippen molar-refractivity contribution in [3.8, 4) is 0 Å². The predicted octanol–water partition coefficient (Wildman–Crippen LogP) is 4.23. The molecule has 0 atom stereocenters. The monoisotopic (exact) mass is 373 g/mol. The Hall–Kier alpha value is -1.85. The van der Waals surface area contributed by atoms with Gasteiger partial charge in [0, 0.05) is 29.9 Å². The van der Waals surface area contributed by atoms with Gasteiger partial charge in [0.1, 0.15) is 5.82 Å². The van der Waals surface area contributed by atoms with Gasteiger partial charge >= 0.3 is 0 Å². The first-order chi connectivity index (χ1) is 12.7. The van der Waals surface area contributed by atoms with Crippen molar-refractivity contribution in [1.82, 2.24) is 9.97 Å². The highest BCUT2D eigenvalue weighted by molar-refractivity contribution is 6.31. The number of hydrogen-bond acceptors (Lipinski definition) is 5. The molecule has 0 saturated heterocycles. The minimum Gasteiger partial charge on any atom is -0.369 e. The number of hydrogen-bond donors (Lipinski definition) is 3. The van der Waals surface area contributed by atoms with E-state index in [1.807, 2.05) is 37.4 Å². The van der Waals surface area contributed by atoms with Crippen LogP contribution in [0.1, 0.15) is 36.8 Å². The first-order valence-electron chi connectivity index (χ1n) is 9.40. The molecule has 3 rings (SSSR count). The number of aromatic nitrogens is 2. The zero-order valence-corrected chi connectivity index (χ0v) is 16.1. The van der Waals surface area contributed by atoms with Crippen molar-refractivity contribution in [1.29, 1.82) is 0 Å². The van der Waals surface area contributed by atoms with Crippen molar-refractivity contribution < 1.29 is 0 Å². The fourth-order valence-electron chi connectivity index (χ4n) is 3.43. The van der Waals surface area contributed by atoms with Gasteiger partial charge in [-0.3, -0.25) is 0 Å². The van der Waals surface area contributed by atoms with Gasteiger partial charge in [0.2, 0.25) is 5.95 Å². The molecule has 6 heteroatoms. The van der Waals surface area contributed by atoms with Crippen LogP contribution in [-0.2, 0) is 6.54 Å². The maximum Gasteiger partial charge on any atom is 0.224 e. The molecule has 1 aliphatic carbocycles. The molecule has 26 heavy (non-hydrogen) atoms. The molecule has 1 heterocycles. The third kappa shape index (κ3) is 5.08. The first-order valence-corrected chi connectivity index (χ1v) is 9.78. The molecule has 1 saturated carbocycles. The summed E-state index contributed by atoms with van der Waals surface area (Å²) in [6.45, 7) is 4.42. The minimum absolute atomic E-state index is 0.602.